The Bertz CT molecular complexity index is 567. The SMILES string of the molecule is CNC(c1ccc(C(C)(C)C)cc1)c1ccccc1Cl. The van der Waals surface area contributed by atoms with Crippen LogP contribution in [0.4, 0.5) is 0 Å². The third-order valence-corrected chi connectivity index (χ3v) is 3.96. The molecule has 2 aromatic rings. The van der Waals surface area contributed by atoms with Crippen LogP contribution in [0.1, 0.15) is 43.5 Å². The lowest BCUT2D eigenvalue weighted by atomic mass is 9.86. The average molecular weight is 288 g/mol. The van der Waals surface area contributed by atoms with Crippen LogP contribution in [0.25, 0.3) is 0 Å². The third-order valence-electron chi connectivity index (χ3n) is 3.61. The zero-order valence-corrected chi connectivity index (χ0v) is 13.3. The highest BCUT2D eigenvalue weighted by Crippen LogP contribution is 2.29. The van der Waals surface area contributed by atoms with Crippen molar-refractivity contribution in [2.45, 2.75) is 32.2 Å². The molecule has 0 aliphatic heterocycles. The van der Waals surface area contributed by atoms with Gasteiger partial charge in [0, 0.05) is 5.02 Å². The maximum absolute atomic E-state index is 6.31. The molecule has 0 aliphatic carbocycles. The molecule has 2 heteroatoms. The first kappa shape index (κ1) is 15.1. The average Bonchev–Trinajstić information content (AvgIpc) is 2.41. The minimum absolute atomic E-state index is 0.123. The maximum Gasteiger partial charge on any atom is 0.0589 e. The van der Waals surface area contributed by atoms with E-state index in [9.17, 15) is 0 Å². The first-order valence-electron chi connectivity index (χ1n) is 6.95. The molecule has 0 saturated heterocycles. The molecular weight excluding hydrogens is 266 g/mol. The molecule has 1 unspecified atom stereocenters. The standard InChI is InChI=1S/C18H22ClN/c1-18(2,3)14-11-9-13(10-12-14)17(20-4)15-7-5-6-8-16(15)19/h5-12,17,20H,1-4H3. The van der Waals surface area contributed by atoms with Gasteiger partial charge in [0.1, 0.15) is 0 Å². The highest BCUT2D eigenvalue weighted by Gasteiger charge is 2.17. The van der Waals surface area contributed by atoms with Crippen LogP contribution in [-0.4, -0.2) is 7.05 Å². The van der Waals surface area contributed by atoms with Gasteiger partial charge in [-0.25, -0.2) is 0 Å². The summed E-state index contributed by atoms with van der Waals surface area (Å²) in [6.07, 6.45) is 0. The second-order valence-corrected chi connectivity index (χ2v) is 6.52. The molecule has 0 heterocycles. The molecule has 0 spiro atoms. The van der Waals surface area contributed by atoms with E-state index in [0.29, 0.717) is 0 Å². The first-order chi connectivity index (χ1) is 9.43. The van der Waals surface area contributed by atoms with Crippen LogP contribution >= 0.6 is 11.6 Å². The number of hydrogen-bond acceptors (Lipinski definition) is 1. The van der Waals surface area contributed by atoms with Gasteiger partial charge in [0.2, 0.25) is 0 Å². The van der Waals surface area contributed by atoms with Gasteiger partial charge in [0.15, 0.2) is 0 Å². The summed E-state index contributed by atoms with van der Waals surface area (Å²) in [6, 6.07) is 16.9. The van der Waals surface area contributed by atoms with E-state index in [4.69, 9.17) is 11.6 Å². The van der Waals surface area contributed by atoms with Gasteiger partial charge in [-0.3, -0.25) is 0 Å². The van der Waals surface area contributed by atoms with Crippen molar-refractivity contribution in [1.29, 1.82) is 0 Å². The first-order valence-corrected chi connectivity index (χ1v) is 7.33. The van der Waals surface area contributed by atoms with Gasteiger partial charge < -0.3 is 5.32 Å². The highest BCUT2D eigenvalue weighted by molar-refractivity contribution is 6.31. The van der Waals surface area contributed by atoms with Crippen LogP contribution in [0.5, 0.6) is 0 Å². The summed E-state index contributed by atoms with van der Waals surface area (Å²) in [5, 5.41) is 4.15. The van der Waals surface area contributed by atoms with Gasteiger partial charge in [-0.05, 0) is 35.2 Å². The lowest BCUT2D eigenvalue weighted by molar-refractivity contribution is 0.589. The van der Waals surface area contributed by atoms with Crippen molar-refractivity contribution in [2.24, 2.45) is 0 Å². The summed E-state index contributed by atoms with van der Waals surface area (Å²) in [5.74, 6) is 0. The molecule has 2 rings (SSSR count). The fourth-order valence-corrected chi connectivity index (χ4v) is 2.63. The van der Waals surface area contributed by atoms with Crippen molar-refractivity contribution in [3.63, 3.8) is 0 Å². The zero-order chi connectivity index (χ0) is 14.8. The van der Waals surface area contributed by atoms with E-state index in [0.717, 1.165) is 10.6 Å². The molecule has 0 fully saturated rings. The Hall–Kier alpha value is -1.31. The number of hydrogen-bond donors (Lipinski definition) is 1. The van der Waals surface area contributed by atoms with Crippen molar-refractivity contribution in [2.75, 3.05) is 7.05 Å². The third kappa shape index (κ3) is 3.23. The van der Waals surface area contributed by atoms with E-state index in [1.165, 1.54) is 11.1 Å². The van der Waals surface area contributed by atoms with E-state index in [-0.39, 0.29) is 11.5 Å². The number of benzene rings is 2. The normalized spacial score (nSPS) is 13.2. The summed E-state index contributed by atoms with van der Waals surface area (Å²) < 4.78 is 0. The topological polar surface area (TPSA) is 12.0 Å². The molecule has 1 atom stereocenters. The van der Waals surface area contributed by atoms with Crippen molar-refractivity contribution < 1.29 is 0 Å². The van der Waals surface area contributed by atoms with Gasteiger partial charge in [-0.1, -0.05) is 74.8 Å². The fraction of sp³-hybridized carbons (Fsp3) is 0.333. The van der Waals surface area contributed by atoms with Crippen molar-refractivity contribution in [1.82, 2.24) is 5.32 Å². The Morgan fingerprint density at radius 3 is 2.05 bits per heavy atom. The van der Waals surface area contributed by atoms with E-state index < -0.39 is 0 Å². The van der Waals surface area contributed by atoms with Crippen LogP contribution in [0.3, 0.4) is 0 Å². The number of nitrogens with one attached hydrogen (secondary N) is 1. The van der Waals surface area contributed by atoms with Crippen LogP contribution in [0.15, 0.2) is 48.5 Å². The Labute approximate surface area is 127 Å². The van der Waals surface area contributed by atoms with Gasteiger partial charge in [-0.2, -0.15) is 0 Å². The molecule has 0 aliphatic rings. The van der Waals surface area contributed by atoms with Crippen LogP contribution in [0.2, 0.25) is 5.02 Å². The maximum atomic E-state index is 6.31. The second kappa shape index (κ2) is 5.99. The monoisotopic (exact) mass is 287 g/mol. The lowest BCUT2D eigenvalue weighted by Crippen LogP contribution is -2.18. The molecule has 0 bridgehead atoms. The quantitative estimate of drug-likeness (QED) is 0.842. The smallest absolute Gasteiger partial charge is 0.0589 e. The van der Waals surface area contributed by atoms with Crippen molar-refractivity contribution >= 4 is 11.6 Å². The van der Waals surface area contributed by atoms with Gasteiger partial charge in [0.25, 0.3) is 0 Å². The number of halogens is 1. The van der Waals surface area contributed by atoms with Crippen LogP contribution in [-0.2, 0) is 5.41 Å². The highest BCUT2D eigenvalue weighted by atomic mass is 35.5. The molecule has 0 amide bonds. The van der Waals surface area contributed by atoms with E-state index >= 15 is 0 Å². The van der Waals surface area contributed by atoms with Gasteiger partial charge >= 0.3 is 0 Å². The second-order valence-electron chi connectivity index (χ2n) is 6.12. The molecule has 0 saturated carbocycles. The molecule has 1 nitrogen and oxygen atoms in total. The zero-order valence-electron chi connectivity index (χ0n) is 12.6. The van der Waals surface area contributed by atoms with Crippen LogP contribution < -0.4 is 5.32 Å². The van der Waals surface area contributed by atoms with E-state index in [1.807, 2.05) is 25.2 Å². The minimum Gasteiger partial charge on any atom is -0.309 e. The van der Waals surface area contributed by atoms with Gasteiger partial charge in [-0.15, -0.1) is 0 Å². The van der Waals surface area contributed by atoms with Crippen molar-refractivity contribution in [3.8, 4) is 0 Å². The Balaban J connectivity index is 2.36. The molecule has 1 N–H and O–H groups in total. The van der Waals surface area contributed by atoms with Crippen LogP contribution in [0, 0.1) is 0 Å². The summed E-state index contributed by atoms with van der Waals surface area (Å²) in [7, 11) is 1.96. The lowest BCUT2D eigenvalue weighted by Gasteiger charge is -2.22. The molecule has 0 radical (unpaired) electrons. The summed E-state index contributed by atoms with van der Waals surface area (Å²) in [5.41, 5.74) is 3.86. The molecule has 106 valence electrons. The summed E-state index contributed by atoms with van der Waals surface area (Å²) in [4.78, 5) is 0. The minimum atomic E-state index is 0.123. The Morgan fingerprint density at radius 1 is 0.950 bits per heavy atom. The predicted molar refractivity (Wildman–Crippen MR) is 87.5 cm³/mol. The fourth-order valence-electron chi connectivity index (χ4n) is 2.39. The summed E-state index contributed by atoms with van der Waals surface area (Å²) in [6.45, 7) is 6.68. The molecule has 0 aromatic heterocycles. The van der Waals surface area contributed by atoms with E-state index in [1.54, 1.807) is 0 Å². The summed E-state index contributed by atoms with van der Waals surface area (Å²) >= 11 is 6.31. The predicted octanol–water partition coefficient (Wildman–Crippen LogP) is 4.95. The Morgan fingerprint density at radius 2 is 1.55 bits per heavy atom. The Kier molecular flexibility index (Phi) is 4.52. The number of rotatable bonds is 3. The molecule has 20 heavy (non-hydrogen) atoms. The molecular formula is C18H22ClN. The molecule has 2 aromatic carbocycles. The van der Waals surface area contributed by atoms with Crippen molar-refractivity contribution in [3.05, 3.63) is 70.2 Å². The van der Waals surface area contributed by atoms with E-state index in [2.05, 4.69) is 56.4 Å². The largest absolute Gasteiger partial charge is 0.309 e. The van der Waals surface area contributed by atoms with Gasteiger partial charge in [0.05, 0.1) is 6.04 Å².